The largest absolute Gasteiger partial charge is 0.507 e. The summed E-state index contributed by atoms with van der Waals surface area (Å²) in [4.78, 5) is 4.66. The van der Waals surface area contributed by atoms with E-state index in [2.05, 4.69) is 9.71 Å². The van der Waals surface area contributed by atoms with Crippen molar-refractivity contribution in [3.8, 4) is 16.9 Å². The average Bonchev–Trinajstić information content (AvgIpc) is 2.77. The van der Waals surface area contributed by atoms with E-state index in [9.17, 15) is 13.5 Å². The third-order valence-corrected chi connectivity index (χ3v) is 8.13. The number of nitrogens with one attached hydrogen (secondary N) is 1. The van der Waals surface area contributed by atoms with Crippen LogP contribution in [0.25, 0.3) is 11.1 Å². The summed E-state index contributed by atoms with van der Waals surface area (Å²) in [7, 11) is -3.50. The van der Waals surface area contributed by atoms with E-state index in [4.69, 9.17) is 0 Å². The lowest BCUT2D eigenvalue weighted by Crippen LogP contribution is -2.44. The number of para-hydroxylation sites is 1. The number of benzene rings is 2. The molecular formula is C27H38N2O3S. The van der Waals surface area contributed by atoms with Crippen molar-refractivity contribution < 1.29 is 13.5 Å². The van der Waals surface area contributed by atoms with Gasteiger partial charge in [0.1, 0.15) is 5.75 Å². The van der Waals surface area contributed by atoms with Gasteiger partial charge in [-0.15, -0.1) is 0 Å². The van der Waals surface area contributed by atoms with Crippen LogP contribution >= 0.6 is 0 Å². The molecule has 1 aliphatic rings. The fourth-order valence-electron chi connectivity index (χ4n) is 4.47. The van der Waals surface area contributed by atoms with Crippen molar-refractivity contribution in [2.45, 2.75) is 71.9 Å². The molecule has 1 saturated carbocycles. The van der Waals surface area contributed by atoms with Gasteiger partial charge in [-0.3, -0.25) is 4.99 Å². The Morgan fingerprint density at radius 1 is 1.06 bits per heavy atom. The quantitative estimate of drug-likeness (QED) is 0.480. The van der Waals surface area contributed by atoms with Gasteiger partial charge in [-0.05, 0) is 42.7 Å². The highest BCUT2D eigenvalue weighted by atomic mass is 32.2. The van der Waals surface area contributed by atoms with Crippen LogP contribution in [0.4, 0.5) is 0 Å². The minimum absolute atomic E-state index is 0.0634. The van der Waals surface area contributed by atoms with Gasteiger partial charge in [0.25, 0.3) is 0 Å². The lowest BCUT2D eigenvalue weighted by atomic mass is 9.85. The van der Waals surface area contributed by atoms with Gasteiger partial charge in [-0.2, -0.15) is 0 Å². The van der Waals surface area contributed by atoms with Gasteiger partial charge >= 0.3 is 0 Å². The van der Waals surface area contributed by atoms with E-state index in [1.54, 1.807) is 12.3 Å². The molecule has 0 bridgehead atoms. The van der Waals surface area contributed by atoms with Crippen molar-refractivity contribution >= 4 is 16.2 Å². The number of rotatable bonds is 8. The molecule has 2 aromatic rings. The van der Waals surface area contributed by atoms with E-state index in [0.717, 1.165) is 24.0 Å². The summed E-state index contributed by atoms with van der Waals surface area (Å²) in [6.07, 6.45) is 7.38. The van der Waals surface area contributed by atoms with Gasteiger partial charge < -0.3 is 5.11 Å². The molecule has 1 aliphatic carbocycles. The molecule has 0 saturated heterocycles. The van der Waals surface area contributed by atoms with Crippen LogP contribution in [0.2, 0.25) is 0 Å². The maximum absolute atomic E-state index is 13.0. The predicted molar refractivity (Wildman–Crippen MR) is 137 cm³/mol. The molecular weight excluding hydrogens is 432 g/mol. The molecule has 0 heterocycles. The number of aliphatic imine (C=N–C) groups is 1. The molecule has 0 spiro atoms. The summed E-state index contributed by atoms with van der Waals surface area (Å²) in [5.74, 6) is 0.471. The average molecular weight is 471 g/mol. The molecule has 5 nitrogen and oxygen atoms in total. The molecule has 3 rings (SSSR count). The number of phenols is 1. The van der Waals surface area contributed by atoms with E-state index in [1.807, 2.05) is 70.2 Å². The number of nitrogens with zero attached hydrogens (tertiary/aromatic N) is 1. The Morgan fingerprint density at radius 2 is 1.73 bits per heavy atom. The molecule has 1 fully saturated rings. The fraction of sp³-hybridized carbons (Fsp3) is 0.519. The number of hydrogen-bond acceptors (Lipinski definition) is 4. The summed E-state index contributed by atoms with van der Waals surface area (Å²) in [6.45, 7) is 7.97. The molecule has 0 aliphatic heterocycles. The van der Waals surface area contributed by atoms with Crippen LogP contribution < -0.4 is 4.72 Å². The summed E-state index contributed by atoms with van der Waals surface area (Å²) < 4.78 is 29.0. The zero-order valence-corrected chi connectivity index (χ0v) is 21.1. The maximum atomic E-state index is 13.0. The van der Waals surface area contributed by atoms with Gasteiger partial charge in [-0.25, -0.2) is 13.1 Å². The molecule has 6 heteroatoms. The number of aromatic hydroxyl groups is 1. The summed E-state index contributed by atoms with van der Waals surface area (Å²) in [6, 6.07) is 14.7. The van der Waals surface area contributed by atoms with Crippen LogP contribution in [-0.4, -0.2) is 37.6 Å². The first-order valence-electron chi connectivity index (χ1n) is 12.0. The van der Waals surface area contributed by atoms with E-state index in [-0.39, 0.29) is 23.0 Å². The van der Waals surface area contributed by atoms with Crippen LogP contribution in [0, 0.1) is 11.3 Å². The Morgan fingerprint density at radius 3 is 2.36 bits per heavy atom. The van der Waals surface area contributed by atoms with Gasteiger partial charge in [0, 0.05) is 23.4 Å². The molecule has 0 radical (unpaired) electrons. The van der Waals surface area contributed by atoms with E-state index in [0.29, 0.717) is 11.5 Å². The van der Waals surface area contributed by atoms with E-state index >= 15 is 0 Å². The molecule has 2 aromatic carbocycles. The van der Waals surface area contributed by atoms with Gasteiger partial charge in [0.2, 0.25) is 10.0 Å². The predicted octanol–water partition coefficient (Wildman–Crippen LogP) is 5.78. The zero-order chi connectivity index (χ0) is 24.1. The van der Waals surface area contributed by atoms with Crippen LogP contribution in [0.1, 0.15) is 65.4 Å². The minimum atomic E-state index is -3.50. The maximum Gasteiger partial charge on any atom is 0.213 e. The van der Waals surface area contributed by atoms with Crippen LogP contribution in [-0.2, 0) is 10.0 Å². The molecule has 33 heavy (non-hydrogen) atoms. The molecule has 180 valence electrons. The van der Waals surface area contributed by atoms with Crippen molar-refractivity contribution in [2.24, 2.45) is 16.3 Å². The van der Waals surface area contributed by atoms with Gasteiger partial charge in [0.05, 0.1) is 11.8 Å². The minimum Gasteiger partial charge on any atom is -0.507 e. The van der Waals surface area contributed by atoms with Crippen LogP contribution in [0.3, 0.4) is 0 Å². The Labute approximate surface area is 199 Å². The second-order valence-electron chi connectivity index (χ2n) is 10.4. The number of phenolic OH excluding ortho intramolecular Hbond substituents is 1. The Hall–Kier alpha value is -2.18. The monoisotopic (exact) mass is 470 g/mol. The fourth-order valence-corrected chi connectivity index (χ4v) is 6.33. The number of hydrogen-bond donors (Lipinski definition) is 2. The highest BCUT2D eigenvalue weighted by Gasteiger charge is 2.31. The van der Waals surface area contributed by atoms with Gasteiger partial charge in [-0.1, -0.05) is 82.5 Å². The van der Waals surface area contributed by atoms with Gasteiger partial charge in [0.15, 0.2) is 0 Å². The highest BCUT2D eigenvalue weighted by molar-refractivity contribution is 7.89. The normalized spacial score (nSPS) is 17.8. The highest BCUT2D eigenvalue weighted by Crippen LogP contribution is 2.32. The first kappa shape index (κ1) is 25.4. The lowest BCUT2D eigenvalue weighted by Gasteiger charge is -2.30. The first-order chi connectivity index (χ1) is 15.6. The lowest BCUT2D eigenvalue weighted by molar-refractivity contribution is 0.301. The first-order valence-corrected chi connectivity index (χ1v) is 13.6. The topological polar surface area (TPSA) is 78.8 Å². The van der Waals surface area contributed by atoms with E-state index in [1.165, 1.54) is 19.3 Å². The Bertz CT molecular complexity index is 1040. The van der Waals surface area contributed by atoms with Crippen molar-refractivity contribution in [1.29, 1.82) is 0 Å². The van der Waals surface area contributed by atoms with Crippen molar-refractivity contribution in [1.82, 2.24) is 4.72 Å². The van der Waals surface area contributed by atoms with Crippen LogP contribution in [0.15, 0.2) is 53.5 Å². The number of sulfonamides is 1. The SMILES string of the molecule is C[C@@H](NS(=O)(=O)C[C@@H](N=Cc1cccc(-c2ccccc2)c1O)C(C)(C)C)C1CCCCC1. The van der Waals surface area contributed by atoms with Crippen molar-refractivity contribution in [2.75, 3.05) is 5.75 Å². The molecule has 0 unspecified atom stereocenters. The third kappa shape index (κ3) is 7.15. The summed E-state index contributed by atoms with van der Waals surface area (Å²) in [5, 5.41) is 10.8. The smallest absolute Gasteiger partial charge is 0.213 e. The summed E-state index contributed by atoms with van der Waals surface area (Å²) in [5.41, 5.74) is 1.86. The zero-order valence-electron chi connectivity index (χ0n) is 20.3. The standard InChI is InChI=1S/C27H38N2O3S/c1-20(21-12-7-5-8-13-21)29-33(31,32)19-25(27(2,3)4)28-18-23-16-11-17-24(26(23)30)22-14-9-6-10-15-22/h6,9-11,14-18,20-21,25,29-30H,5,7-8,12-13,19H2,1-4H3/t20-,25-/m1/s1. The second kappa shape index (κ2) is 10.8. The molecule has 2 N–H and O–H groups in total. The van der Waals surface area contributed by atoms with Crippen LogP contribution in [0.5, 0.6) is 5.75 Å². The van der Waals surface area contributed by atoms with Crippen molar-refractivity contribution in [3.05, 3.63) is 54.1 Å². The molecule has 0 aromatic heterocycles. The van der Waals surface area contributed by atoms with E-state index < -0.39 is 16.1 Å². The second-order valence-corrected chi connectivity index (χ2v) is 12.2. The summed E-state index contributed by atoms with van der Waals surface area (Å²) >= 11 is 0. The molecule has 2 atom stereocenters. The van der Waals surface area contributed by atoms with Crippen molar-refractivity contribution in [3.63, 3.8) is 0 Å². The Kier molecular flexibility index (Phi) is 8.35. The third-order valence-electron chi connectivity index (χ3n) is 6.64. The Balaban J connectivity index is 1.77. The molecule has 0 amide bonds.